The van der Waals surface area contributed by atoms with Crippen LogP contribution >= 0.6 is 23.5 Å². The molecular weight excluding hydrogens is 434 g/mol. The van der Waals surface area contributed by atoms with E-state index in [-0.39, 0.29) is 11.8 Å². The van der Waals surface area contributed by atoms with Crippen molar-refractivity contribution in [1.82, 2.24) is 4.90 Å². The lowest BCUT2D eigenvalue weighted by Gasteiger charge is -2.38. The fourth-order valence-corrected chi connectivity index (χ4v) is 5.06. The molecule has 164 valence electrons. The Kier molecular flexibility index (Phi) is 7.00. The Morgan fingerprint density at radius 3 is 2.25 bits per heavy atom. The number of hydrogen-bond donors (Lipinski definition) is 1. The number of benzene rings is 2. The molecule has 0 aromatic heterocycles. The fraction of sp³-hybridized carbons (Fsp3) is 0.269. The van der Waals surface area contributed by atoms with Gasteiger partial charge in [0.1, 0.15) is 17.4 Å². The number of nitrogens with two attached hydrogens (primary N) is 1. The number of thioether (sulfide) groups is 2. The van der Waals surface area contributed by atoms with Gasteiger partial charge in [0.15, 0.2) is 0 Å². The third kappa shape index (κ3) is 4.47. The third-order valence-electron chi connectivity index (χ3n) is 5.96. The van der Waals surface area contributed by atoms with Crippen LogP contribution in [0.3, 0.4) is 0 Å². The molecule has 0 fully saturated rings. The third-order valence-corrected chi connectivity index (χ3v) is 7.45. The van der Waals surface area contributed by atoms with E-state index in [4.69, 9.17) is 10.5 Å². The Labute approximate surface area is 198 Å². The quantitative estimate of drug-likeness (QED) is 0.584. The molecule has 2 aliphatic rings. The molecule has 0 spiro atoms. The number of rotatable bonds is 5. The standard InChI is InChI=1S/C26H27N3OS2/c1-4-29-15-19(13-17-5-9-20(31-2)10-6-17)25-23(16-29)24(22(14-27)26(28)30-25)18-7-11-21(32-3)12-8-18/h5-13,24H,4,15-16,28H2,1-3H3/b19-13-/t24-/m0/s1. The second-order valence-corrected chi connectivity index (χ2v) is 9.56. The smallest absolute Gasteiger partial charge is 0.205 e. The summed E-state index contributed by atoms with van der Waals surface area (Å²) in [5.41, 5.74) is 11.2. The molecule has 1 atom stereocenters. The maximum Gasteiger partial charge on any atom is 0.205 e. The van der Waals surface area contributed by atoms with Crippen LogP contribution in [0.4, 0.5) is 0 Å². The van der Waals surface area contributed by atoms with Crippen LogP contribution in [-0.4, -0.2) is 37.0 Å². The van der Waals surface area contributed by atoms with E-state index in [0.717, 1.165) is 47.7 Å². The van der Waals surface area contributed by atoms with Gasteiger partial charge in [-0.25, -0.2) is 0 Å². The number of nitriles is 1. The average Bonchev–Trinajstić information content (AvgIpc) is 2.84. The molecule has 0 radical (unpaired) electrons. The molecular formula is C26H27N3OS2. The van der Waals surface area contributed by atoms with Crippen LogP contribution in [0.1, 0.15) is 24.0 Å². The summed E-state index contributed by atoms with van der Waals surface area (Å²) in [5, 5.41) is 9.93. The van der Waals surface area contributed by atoms with Crippen molar-refractivity contribution in [3.8, 4) is 6.07 Å². The maximum atomic E-state index is 9.93. The van der Waals surface area contributed by atoms with Gasteiger partial charge in [-0.15, -0.1) is 23.5 Å². The highest BCUT2D eigenvalue weighted by Crippen LogP contribution is 2.44. The fourth-order valence-electron chi connectivity index (χ4n) is 4.24. The molecule has 32 heavy (non-hydrogen) atoms. The summed E-state index contributed by atoms with van der Waals surface area (Å²) in [6.07, 6.45) is 6.32. The Morgan fingerprint density at radius 2 is 1.69 bits per heavy atom. The minimum atomic E-state index is -0.198. The SMILES string of the molecule is CCN1CC2=C(OC(N)=C(C#N)[C@@H]2c2ccc(SC)cc2)/C(=C\c2ccc(SC)cc2)C1. The van der Waals surface area contributed by atoms with Crippen molar-refractivity contribution in [2.45, 2.75) is 22.6 Å². The molecule has 0 saturated carbocycles. The normalized spacial score (nSPS) is 20.2. The molecule has 0 saturated heterocycles. The van der Waals surface area contributed by atoms with Crippen molar-refractivity contribution >= 4 is 29.6 Å². The first-order chi connectivity index (χ1) is 15.6. The summed E-state index contributed by atoms with van der Waals surface area (Å²) in [6.45, 7) is 4.62. The van der Waals surface area contributed by atoms with E-state index in [1.165, 1.54) is 9.79 Å². The van der Waals surface area contributed by atoms with E-state index in [1.54, 1.807) is 23.5 Å². The zero-order valence-corrected chi connectivity index (χ0v) is 20.2. The minimum Gasteiger partial charge on any atom is -0.440 e. The highest BCUT2D eigenvalue weighted by molar-refractivity contribution is 7.98. The van der Waals surface area contributed by atoms with E-state index in [9.17, 15) is 5.26 Å². The molecule has 4 rings (SSSR count). The second-order valence-electron chi connectivity index (χ2n) is 7.80. The summed E-state index contributed by atoms with van der Waals surface area (Å²) < 4.78 is 6.12. The molecule has 2 aliphatic heterocycles. The molecule has 0 aliphatic carbocycles. The zero-order chi connectivity index (χ0) is 22.7. The van der Waals surface area contributed by atoms with Crippen molar-refractivity contribution in [1.29, 1.82) is 5.26 Å². The lowest BCUT2D eigenvalue weighted by molar-refractivity contribution is 0.239. The summed E-state index contributed by atoms with van der Waals surface area (Å²) in [4.78, 5) is 4.81. The number of ether oxygens (including phenoxy) is 1. The van der Waals surface area contributed by atoms with Gasteiger partial charge >= 0.3 is 0 Å². The van der Waals surface area contributed by atoms with Gasteiger partial charge in [-0.2, -0.15) is 5.26 Å². The molecule has 2 aromatic carbocycles. The number of nitrogens with zero attached hydrogens (tertiary/aromatic N) is 2. The van der Waals surface area contributed by atoms with Crippen molar-refractivity contribution in [2.24, 2.45) is 5.73 Å². The lowest BCUT2D eigenvalue weighted by Crippen LogP contribution is -2.38. The number of likely N-dealkylation sites (N-methyl/N-ethyl adjacent to an activating group) is 1. The number of allylic oxidation sites excluding steroid dienone is 1. The van der Waals surface area contributed by atoms with Gasteiger partial charge in [-0.05, 0) is 66.1 Å². The van der Waals surface area contributed by atoms with Crippen LogP contribution in [0.2, 0.25) is 0 Å². The first kappa shape index (κ1) is 22.6. The predicted octanol–water partition coefficient (Wildman–Crippen LogP) is 5.61. The van der Waals surface area contributed by atoms with E-state index in [2.05, 4.69) is 85.0 Å². The predicted molar refractivity (Wildman–Crippen MR) is 134 cm³/mol. The molecule has 0 amide bonds. The Balaban J connectivity index is 1.82. The van der Waals surface area contributed by atoms with Crippen molar-refractivity contribution < 1.29 is 4.74 Å². The van der Waals surface area contributed by atoms with Crippen molar-refractivity contribution in [2.75, 3.05) is 32.1 Å². The lowest BCUT2D eigenvalue weighted by atomic mass is 9.80. The molecule has 2 aromatic rings. The topological polar surface area (TPSA) is 62.3 Å². The molecule has 2 heterocycles. The van der Waals surface area contributed by atoms with Gasteiger partial charge < -0.3 is 10.5 Å². The summed E-state index contributed by atoms with van der Waals surface area (Å²) in [7, 11) is 0. The van der Waals surface area contributed by atoms with Crippen molar-refractivity contribution in [3.05, 3.63) is 88.0 Å². The van der Waals surface area contributed by atoms with E-state index >= 15 is 0 Å². The van der Waals surface area contributed by atoms with Crippen LogP contribution in [0.15, 0.2) is 86.7 Å². The highest BCUT2D eigenvalue weighted by atomic mass is 32.2. The summed E-state index contributed by atoms with van der Waals surface area (Å²) >= 11 is 3.44. The molecule has 0 bridgehead atoms. The maximum absolute atomic E-state index is 9.93. The molecule has 4 nitrogen and oxygen atoms in total. The van der Waals surface area contributed by atoms with Crippen LogP contribution in [0.5, 0.6) is 0 Å². The van der Waals surface area contributed by atoms with Gasteiger partial charge in [0.05, 0.1) is 5.92 Å². The van der Waals surface area contributed by atoms with Crippen LogP contribution in [0.25, 0.3) is 6.08 Å². The Hall–Kier alpha value is -2.59. The van der Waals surface area contributed by atoms with Gasteiger partial charge in [-0.1, -0.05) is 31.2 Å². The van der Waals surface area contributed by atoms with Crippen LogP contribution in [0, 0.1) is 11.3 Å². The van der Waals surface area contributed by atoms with Gasteiger partial charge in [0.2, 0.25) is 5.88 Å². The molecule has 6 heteroatoms. The molecule has 2 N–H and O–H groups in total. The Bertz CT molecular complexity index is 1130. The van der Waals surface area contributed by atoms with Crippen LogP contribution in [-0.2, 0) is 4.74 Å². The average molecular weight is 462 g/mol. The second kappa shape index (κ2) is 9.91. The minimum absolute atomic E-state index is 0.198. The first-order valence-corrected chi connectivity index (χ1v) is 13.0. The van der Waals surface area contributed by atoms with Crippen LogP contribution < -0.4 is 5.73 Å². The Morgan fingerprint density at radius 1 is 1.06 bits per heavy atom. The summed E-state index contributed by atoms with van der Waals surface area (Å²) in [6, 6.07) is 19.3. The van der Waals surface area contributed by atoms with E-state index < -0.39 is 0 Å². The zero-order valence-electron chi connectivity index (χ0n) is 18.6. The monoisotopic (exact) mass is 461 g/mol. The van der Waals surface area contributed by atoms with Crippen molar-refractivity contribution in [3.63, 3.8) is 0 Å². The molecule has 0 unspecified atom stereocenters. The largest absolute Gasteiger partial charge is 0.440 e. The van der Waals surface area contributed by atoms with Gasteiger partial charge in [-0.3, -0.25) is 4.90 Å². The van der Waals surface area contributed by atoms with E-state index in [0.29, 0.717) is 5.57 Å². The summed E-state index contributed by atoms with van der Waals surface area (Å²) in [5.74, 6) is 0.828. The highest BCUT2D eigenvalue weighted by Gasteiger charge is 2.37. The van der Waals surface area contributed by atoms with E-state index in [1.807, 2.05) is 0 Å². The number of hydrogen-bond acceptors (Lipinski definition) is 6. The first-order valence-electron chi connectivity index (χ1n) is 10.6. The van der Waals surface area contributed by atoms with Gasteiger partial charge in [0.25, 0.3) is 0 Å². The van der Waals surface area contributed by atoms with Gasteiger partial charge in [0, 0.05) is 28.5 Å².